The van der Waals surface area contributed by atoms with Crippen LogP contribution in [0.3, 0.4) is 0 Å². The second-order valence-electron chi connectivity index (χ2n) is 5.81. The molecule has 0 unspecified atom stereocenters. The Hall–Kier alpha value is -2.35. The number of carbonyl (C=O) groups is 1. The van der Waals surface area contributed by atoms with Gasteiger partial charge in [-0.05, 0) is 25.1 Å². The summed E-state index contributed by atoms with van der Waals surface area (Å²) in [6.07, 6.45) is 4.16. The van der Waals surface area contributed by atoms with E-state index in [1.54, 1.807) is 17.6 Å². The van der Waals surface area contributed by atoms with Gasteiger partial charge in [-0.1, -0.05) is 0 Å². The first-order valence-corrected chi connectivity index (χ1v) is 7.92. The lowest BCUT2D eigenvalue weighted by Gasteiger charge is -2.22. The van der Waals surface area contributed by atoms with Crippen LogP contribution in [-0.2, 0) is 6.54 Å². The average Bonchev–Trinajstić information content (AvgIpc) is 2.97. The number of nitrogens with zero attached hydrogens (tertiary/aromatic N) is 5. The molecule has 0 bridgehead atoms. The number of aromatic nitrogens is 3. The number of benzene rings is 1. The summed E-state index contributed by atoms with van der Waals surface area (Å²) in [5.74, 6) is -1.87. The molecule has 24 heavy (non-hydrogen) atoms. The van der Waals surface area contributed by atoms with Gasteiger partial charge in [-0.3, -0.25) is 9.69 Å². The Morgan fingerprint density at radius 3 is 2.58 bits per heavy atom. The monoisotopic (exact) mass is 335 g/mol. The highest BCUT2D eigenvalue weighted by atomic mass is 19.1. The molecule has 128 valence electrons. The topological polar surface area (TPSA) is 54.3 Å². The van der Waals surface area contributed by atoms with Crippen molar-refractivity contribution in [2.24, 2.45) is 0 Å². The highest BCUT2D eigenvalue weighted by Crippen LogP contribution is 2.14. The molecule has 0 spiro atoms. The van der Waals surface area contributed by atoms with E-state index in [1.807, 2.05) is 4.57 Å². The molecule has 0 aliphatic carbocycles. The minimum absolute atomic E-state index is 0.0747. The second-order valence-corrected chi connectivity index (χ2v) is 5.81. The van der Waals surface area contributed by atoms with Crippen LogP contribution < -0.4 is 0 Å². The summed E-state index contributed by atoms with van der Waals surface area (Å²) < 4.78 is 28.7. The first-order chi connectivity index (χ1) is 11.6. The predicted octanol–water partition coefficient (Wildman–Crippen LogP) is 1.40. The Bertz CT molecular complexity index is 692. The molecule has 2 aromatic rings. The number of amides is 1. The van der Waals surface area contributed by atoms with Crippen molar-refractivity contribution < 1.29 is 13.6 Å². The van der Waals surface area contributed by atoms with Crippen molar-refractivity contribution in [3.05, 3.63) is 48.1 Å². The standard InChI is InChI=1S/C16H19F2N5O/c17-13-2-3-14(15(18)10-13)16(24)23-5-1-4-21(8-9-23)6-7-22-11-19-20-12-22/h2-3,10-12H,1,4-9H2. The van der Waals surface area contributed by atoms with E-state index >= 15 is 0 Å². The third-order valence-electron chi connectivity index (χ3n) is 4.18. The summed E-state index contributed by atoms with van der Waals surface area (Å²) in [6.45, 7) is 4.31. The van der Waals surface area contributed by atoms with Gasteiger partial charge in [0.1, 0.15) is 24.3 Å². The van der Waals surface area contributed by atoms with Gasteiger partial charge in [0.2, 0.25) is 0 Å². The fourth-order valence-corrected chi connectivity index (χ4v) is 2.83. The van der Waals surface area contributed by atoms with E-state index in [2.05, 4.69) is 15.1 Å². The van der Waals surface area contributed by atoms with Gasteiger partial charge in [0.05, 0.1) is 5.56 Å². The normalized spacial score (nSPS) is 16.2. The van der Waals surface area contributed by atoms with Crippen LogP contribution >= 0.6 is 0 Å². The zero-order valence-corrected chi connectivity index (χ0v) is 13.2. The lowest BCUT2D eigenvalue weighted by Crippen LogP contribution is -2.36. The fourth-order valence-electron chi connectivity index (χ4n) is 2.83. The molecular formula is C16H19F2N5O. The number of rotatable bonds is 4. The van der Waals surface area contributed by atoms with Crippen molar-refractivity contribution in [3.8, 4) is 0 Å². The quantitative estimate of drug-likeness (QED) is 0.848. The first kappa shape index (κ1) is 16.5. The molecule has 1 aliphatic heterocycles. The summed E-state index contributed by atoms with van der Waals surface area (Å²) >= 11 is 0. The maximum Gasteiger partial charge on any atom is 0.256 e. The predicted molar refractivity (Wildman–Crippen MR) is 83.3 cm³/mol. The van der Waals surface area contributed by atoms with E-state index < -0.39 is 11.6 Å². The molecule has 3 rings (SSSR count). The third kappa shape index (κ3) is 3.94. The Balaban J connectivity index is 1.57. The van der Waals surface area contributed by atoms with E-state index in [-0.39, 0.29) is 11.5 Å². The first-order valence-electron chi connectivity index (χ1n) is 7.92. The highest BCUT2D eigenvalue weighted by Gasteiger charge is 2.22. The summed E-state index contributed by atoms with van der Waals surface area (Å²) in [5.41, 5.74) is -0.0747. The molecule has 8 heteroatoms. The fraction of sp³-hybridized carbons (Fsp3) is 0.438. The van der Waals surface area contributed by atoms with E-state index in [4.69, 9.17) is 0 Å². The molecule has 1 aromatic carbocycles. The average molecular weight is 335 g/mol. The van der Waals surface area contributed by atoms with Crippen LogP contribution in [0.1, 0.15) is 16.8 Å². The van der Waals surface area contributed by atoms with Crippen molar-refractivity contribution in [1.29, 1.82) is 0 Å². The number of hydrogen-bond donors (Lipinski definition) is 0. The van der Waals surface area contributed by atoms with Gasteiger partial charge in [0.15, 0.2) is 0 Å². The molecule has 0 radical (unpaired) electrons. The van der Waals surface area contributed by atoms with Crippen LogP contribution in [0, 0.1) is 11.6 Å². The molecule has 0 N–H and O–H groups in total. The van der Waals surface area contributed by atoms with Crippen molar-refractivity contribution in [3.63, 3.8) is 0 Å². The van der Waals surface area contributed by atoms with Crippen LogP contribution in [0.2, 0.25) is 0 Å². The Morgan fingerprint density at radius 2 is 1.83 bits per heavy atom. The second kappa shape index (κ2) is 7.48. The molecule has 1 fully saturated rings. The van der Waals surface area contributed by atoms with Crippen LogP contribution in [0.15, 0.2) is 30.9 Å². The van der Waals surface area contributed by atoms with Crippen molar-refractivity contribution >= 4 is 5.91 Å². The van der Waals surface area contributed by atoms with Crippen LogP contribution in [0.5, 0.6) is 0 Å². The summed E-state index contributed by atoms with van der Waals surface area (Å²) in [4.78, 5) is 16.4. The van der Waals surface area contributed by atoms with Gasteiger partial charge in [0.25, 0.3) is 5.91 Å². The Morgan fingerprint density at radius 1 is 1.04 bits per heavy atom. The summed E-state index contributed by atoms with van der Waals surface area (Å²) in [5, 5.41) is 7.53. The van der Waals surface area contributed by atoms with Gasteiger partial charge >= 0.3 is 0 Å². The van der Waals surface area contributed by atoms with E-state index in [0.717, 1.165) is 44.7 Å². The molecule has 1 aromatic heterocycles. The maximum absolute atomic E-state index is 13.8. The van der Waals surface area contributed by atoms with Crippen molar-refractivity contribution in [2.45, 2.75) is 13.0 Å². The lowest BCUT2D eigenvalue weighted by atomic mass is 10.1. The molecule has 1 aliphatic rings. The third-order valence-corrected chi connectivity index (χ3v) is 4.18. The molecule has 0 saturated carbocycles. The van der Waals surface area contributed by atoms with Gasteiger partial charge in [-0.2, -0.15) is 0 Å². The zero-order chi connectivity index (χ0) is 16.9. The molecular weight excluding hydrogens is 316 g/mol. The van der Waals surface area contributed by atoms with Gasteiger partial charge in [-0.25, -0.2) is 8.78 Å². The minimum Gasteiger partial charge on any atom is -0.337 e. The van der Waals surface area contributed by atoms with E-state index in [1.165, 1.54) is 6.07 Å². The van der Waals surface area contributed by atoms with Crippen LogP contribution in [0.25, 0.3) is 0 Å². The van der Waals surface area contributed by atoms with Crippen LogP contribution in [-0.4, -0.2) is 63.2 Å². The molecule has 1 saturated heterocycles. The number of halogens is 2. The maximum atomic E-state index is 13.8. The number of carbonyl (C=O) groups excluding carboxylic acids is 1. The Labute approximate surface area is 138 Å². The number of hydrogen-bond acceptors (Lipinski definition) is 4. The molecule has 1 amide bonds. The zero-order valence-electron chi connectivity index (χ0n) is 13.2. The van der Waals surface area contributed by atoms with Crippen molar-refractivity contribution in [1.82, 2.24) is 24.6 Å². The summed E-state index contributed by atoms with van der Waals surface area (Å²) in [6, 6.07) is 3.07. The lowest BCUT2D eigenvalue weighted by molar-refractivity contribution is 0.0756. The Kier molecular flexibility index (Phi) is 5.14. The largest absolute Gasteiger partial charge is 0.337 e. The minimum atomic E-state index is -0.811. The van der Waals surface area contributed by atoms with Crippen LogP contribution in [0.4, 0.5) is 8.78 Å². The smallest absolute Gasteiger partial charge is 0.256 e. The SMILES string of the molecule is O=C(c1ccc(F)cc1F)N1CCCN(CCn2cnnc2)CC1. The van der Waals surface area contributed by atoms with Gasteiger partial charge in [-0.15, -0.1) is 10.2 Å². The van der Waals surface area contributed by atoms with Crippen molar-refractivity contribution in [2.75, 3.05) is 32.7 Å². The summed E-state index contributed by atoms with van der Waals surface area (Å²) in [7, 11) is 0. The van der Waals surface area contributed by atoms with Gasteiger partial charge < -0.3 is 9.47 Å². The van der Waals surface area contributed by atoms with E-state index in [9.17, 15) is 13.6 Å². The molecule has 0 atom stereocenters. The van der Waals surface area contributed by atoms with E-state index in [0.29, 0.717) is 13.1 Å². The molecule has 6 nitrogen and oxygen atoms in total. The molecule has 2 heterocycles. The highest BCUT2D eigenvalue weighted by molar-refractivity contribution is 5.94. The van der Waals surface area contributed by atoms with Gasteiger partial charge in [0, 0.05) is 38.8 Å².